The van der Waals surface area contributed by atoms with Crippen LogP contribution in [0.2, 0.25) is 0 Å². The standard InChI is InChI=1S/C20H28N2O3/c1-15-2-4-17(5-3-15)21-9-6-18(7-10-21)22-12-16-8-11-25-14-20(16,13-22)19(23)24/h2-5,16,18H,6-14H2,1H3,(H,23,24)/t16-,20+/m0/s1. The Balaban J connectivity index is 1.40. The maximum absolute atomic E-state index is 11.9. The lowest BCUT2D eigenvalue weighted by Crippen LogP contribution is -2.48. The molecule has 1 aromatic carbocycles. The molecule has 5 heteroatoms. The van der Waals surface area contributed by atoms with E-state index in [1.165, 1.54) is 11.3 Å². The Morgan fingerprint density at radius 1 is 1.20 bits per heavy atom. The average Bonchev–Trinajstić information content (AvgIpc) is 3.04. The van der Waals surface area contributed by atoms with Crippen LogP contribution in [0.25, 0.3) is 0 Å². The summed E-state index contributed by atoms with van der Waals surface area (Å²) in [5, 5.41) is 9.81. The number of rotatable bonds is 3. The highest BCUT2D eigenvalue weighted by molar-refractivity contribution is 5.76. The summed E-state index contributed by atoms with van der Waals surface area (Å²) in [5.74, 6) is -0.425. The number of aliphatic carboxylic acids is 1. The molecule has 2 atom stereocenters. The van der Waals surface area contributed by atoms with Gasteiger partial charge in [0.05, 0.1) is 6.61 Å². The number of anilines is 1. The molecule has 0 amide bonds. The molecule has 4 rings (SSSR count). The molecule has 0 unspecified atom stereocenters. The summed E-state index contributed by atoms with van der Waals surface area (Å²) in [7, 11) is 0. The predicted octanol–water partition coefficient (Wildman–Crippen LogP) is 2.39. The number of nitrogens with zero attached hydrogens (tertiary/aromatic N) is 2. The Morgan fingerprint density at radius 3 is 2.56 bits per heavy atom. The lowest BCUT2D eigenvalue weighted by molar-refractivity contribution is -0.159. The van der Waals surface area contributed by atoms with Gasteiger partial charge in [-0.15, -0.1) is 0 Å². The van der Waals surface area contributed by atoms with Crippen LogP contribution in [0.3, 0.4) is 0 Å². The second-order valence-electron chi connectivity index (χ2n) is 7.98. The Morgan fingerprint density at radius 2 is 1.92 bits per heavy atom. The van der Waals surface area contributed by atoms with Crippen LogP contribution in [0.5, 0.6) is 0 Å². The summed E-state index contributed by atoms with van der Waals surface area (Å²) >= 11 is 0. The van der Waals surface area contributed by atoms with Gasteiger partial charge in [0.1, 0.15) is 5.41 Å². The summed E-state index contributed by atoms with van der Waals surface area (Å²) in [4.78, 5) is 16.8. The minimum absolute atomic E-state index is 0.244. The summed E-state index contributed by atoms with van der Waals surface area (Å²) in [6, 6.07) is 9.25. The van der Waals surface area contributed by atoms with E-state index in [1.54, 1.807) is 0 Å². The fourth-order valence-corrected chi connectivity index (χ4v) is 4.85. The molecule has 0 aliphatic carbocycles. The van der Waals surface area contributed by atoms with E-state index in [4.69, 9.17) is 4.74 Å². The first-order valence-electron chi connectivity index (χ1n) is 9.45. The monoisotopic (exact) mass is 344 g/mol. The molecule has 0 bridgehead atoms. The zero-order valence-electron chi connectivity index (χ0n) is 15.0. The summed E-state index contributed by atoms with van der Waals surface area (Å²) in [6.45, 7) is 6.87. The zero-order chi connectivity index (χ0) is 17.4. The van der Waals surface area contributed by atoms with Crippen LogP contribution in [0.4, 0.5) is 5.69 Å². The van der Waals surface area contributed by atoms with Crippen LogP contribution in [0.1, 0.15) is 24.8 Å². The van der Waals surface area contributed by atoms with E-state index in [1.807, 2.05) is 0 Å². The second kappa shape index (κ2) is 6.61. The van der Waals surface area contributed by atoms with Gasteiger partial charge in [-0.05, 0) is 44.2 Å². The van der Waals surface area contributed by atoms with Crippen molar-refractivity contribution in [2.75, 3.05) is 44.3 Å². The third-order valence-corrected chi connectivity index (χ3v) is 6.50. The molecular formula is C20H28N2O3. The normalized spacial score (nSPS) is 31.1. The number of benzene rings is 1. The van der Waals surface area contributed by atoms with Gasteiger partial charge in [-0.1, -0.05) is 17.7 Å². The van der Waals surface area contributed by atoms with Crippen molar-refractivity contribution < 1.29 is 14.6 Å². The van der Waals surface area contributed by atoms with Crippen molar-refractivity contribution in [1.29, 1.82) is 0 Å². The Bertz CT molecular complexity index is 624. The number of hydrogen-bond donors (Lipinski definition) is 1. The summed E-state index contributed by atoms with van der Waals surface area (Å²) in [6.07, 6.45) is 3.10. The number of carbonyl (C=O) groups is 1. The van der Waals surface area contributed by atoms with E-state index in [9.17, 15) is 9.90 Å². The SMILES string of the molecule is Cc1ccc(N2CCC(N3C[C@@H]4CCOC[C@]4(C(=O)O)C3)CC2)cc1. The number of likely N-dealkylation sites (tertiary alicyclic amines) is 1. The first-order chi connectivity index (χ1) is 12.1. The number of carboxylic acid groups (broad SMARTS) is 1. The van der Waals surface area contributed by atoms with Gasteiger partial charge in [-0.25, -0.2) is 0 Å². The molecule has 1 N–H and O–H groups in total. The second-order valence-corrected chi connectivity index (χ2v) is 7.98. The Kier molecular flexibility index (Phi) is 4.46. The molecule has 0 spiro atoms. The number of aryl methyl sites for hydroxylation is 1. The molecule has 3 saturated heterocycles. The van der Waals surface area contributed by atoms with Crippen LogP contribution in [0.15, 0.2) is 24.3 Å². The molecule has 3 aliphatic rings. The summed E-state index contributed by atoms with van der Waals surface area (Å²) < 4.78 is 5.55. The molecule has 0 aromatic heterocycles. The number of hydrogen-bond acceptors (Lipinski definition) is 4. The topological polar surface area (TPSA) is 53.0 Å². The molecule has 25 heavy (non-hydrogen) atoms. The Hall–Kier alpha value is -1.59. The molecular weight excluding hydrogens is 316 g/mol. The maximum atomic E-state index is 11.9. The average molecular weight is 344 g/mol. The zero-order valence-corrected chi connectivity index (χ0v) is 15.0. The van der Waals surface area contributed by atoms with Gasteiger partial charge >= 0.3 is 5.97 Å². The van der Waals surface area contributed by atoms with Gasteiger partial charge in [0.2, 0.25) is 0 Å². The highest BCUT2D eigenvalue weighted by Gasteiger charge is 2.55. The fourth-order valence-electron chi connectivity index (χ4n) is 4.85. The van der Waals surface area contributed by atoms with Crippen molar-refractivity contribution in [3.05, 3.63) is 29.8 Å². The highest BCUT2D eigenvalue weighted by atomic mass is 16.5. The minimum atomic E-state index is -0.674. The predicted molar refractivity (Wildman–Crippen MR) is 97.0 cm³/mol. The van der Waals surface area contributed by atoms with E-state index in [2.05, 4.69) is 41.0 Å². The molecule has 5 nitrogen and oxygen atoms in total. The molecule has 0 radical (unpaired) electrons. The first-order valence-corrected chi connectivity index (χ1v) is 9.45. The van der Waals surface area contributed by atoms with Gasteiger partial charge in [0, 0.05) is 44.5 Å². The smallest absolute Gasteiger partial charge is 0.313 e. The molecule has 3 fully saturated rings. The van der Waals surface area contributed by atoms with E-state index in [0.29, 0.717) is 25.8 Å². The fraction of sp³-hybridized carbons (Fsp3) is 0.650. The van der Waals surface area contributed by atoms with Gasteiger partial charge < -0.3 is 14.7 Å². The molecule has 136 valence electrons. The van der Waals surface area contributed by atoms with E-state index < -0.39 is 11.4 Å². The highest BCUT2D eigenvalue weighted by Crippen LogP contribution is 2.43. The minimum Gasteiger partial charge on any atom is -0.481 e. The maximum Gasteiger partial charge on any atom is 0.313 e. The van der Waals surface area contributed by atoms with E-state index in [-0.39, 0.29) is 5.92 Å². The molecule has 3 heterocycles. The van der Waals surface area contributed by atoms with Crippen LogP contribution in [0, 0.1) is 18.3 Å². The van der Waals surface area contributed by atoms with E-state index >= 15 is 0 Å². The number of carboxylic acids is 1. The van der Waals surface area contributed by atoms with E-state index in [0.717, 1.165) is 38.9 Å². The van der Waals surface area contributed by atoms with Crippen LogP contribution >= 0.6 is 0 Å². The largest absolute Gasteiger partial charge is 0.481 e. The van der Waals surface area contributed by atoms with Crippen LogP contribution < -0.4 is 4.90 Å². The van der Waals surface area contributed by atoms with Crippen LogP contribution in [-0.4, -0.2) is 61.4 Å². The van der Waals surface area contributed by atoms with Crippen molar-refractivity contribution in [1.82, 2.24) is 4.90 Å². The lowest BCUT2D eigenvalue weighted by atomic mass is 9.76. The number of ether oxygens (including phenoxy) is 1. The third kappa shape index (κ3) is 3.04. The molecule has 0 saturated carbocycles. The van der Waals surface area contributed by atoms with Gasteiger partial charge in [0.25, 0.3) is 0 Å². The Labute approximate surface area is 149 Å². The van der Waals surface area contributed by atoms with Crippen molar-refractivity contribution in [3.63, 3.8) is 0 Å². The molecule has 3 aliphatic heterocycles. The van der Waals surface area contributed by atoms with Crippen molar-refractivity contribution in [2.24, 2.45) is 11.3 Å². The van der Waals surface area contributed by atoms with Crippen molar-refractivity contribution in [2.45, 2.75) is 32.2 Å². The van der Waals surface area contributed by atoms with Gasteiger partial charge in [-0.2, -0.15) is 0 Å². The van der Waals surface area contributed by atoms with Crippen molar-refractivity contribution in [3.8, 4) is 0 Å². The number of fused-ring (bicyclic) bond motifs is 1. The number of piperidine rings is 1. The van der Waals surface area contributed by atoms with Gasteiger partial charge in [-0.3, -0.25) is 9.69 Å². The molecule has 1 aromatic rings. The third-order valence-electron chi connectivity index (χ3n) is 6.50. The lowest BCUT2D eigenvalue weighted by Gasteiger charge is -2.38. The summed E-state index contributed by atoms with van der Waals surface area (Å²) in [5.41, 5.74) is 1.92. The van der Waals surface area contributed by atoms with Crippen molar-refractivity contribution >= 4 is 11.7 Å². The van der Waals surface area contributed by atoms with Crippen LogP contribution in [-0.2, 0) is 9.53 Å². The quantitative estimate of drug-likeness (QED) is 0.912. The first kappa shape index (κ1) is 16.9. The van der Waals surface area contributed by atoms with Gasteiger partial charge in [0.15, 0.2) is 0 Å².